The molecule has 0 aliphatic carbocycles. The van der Waals surface area contributed by atoms with Gasteiger partial charge in [0, 0.05) is 32.5 Å². The van der Waals surface area contributed by atoms with E-state index >= 15 is 0 Å². The van der Waals surface area contributed by atoms with Gasteiger partial charge in [0.25, 0.3) is 0 Å². The lowest BCUT2D eigenvalue weighted by molar-refractivity contribution is -0.139. The van der Waals surface area contributed by atoms with Crippen LogP contribution in [0.25, 0.3) is 0 Å². The Kier molecular flexibility index (Phi) is 37.7. The number of rotatable bonds is 42. The van der Waals surface area contributed by atoms with E-state index < -0.39 is 18.0 Å². The van der Waals surface area contributed by atoms with Gasteiger partial charge in [-0.1, -0.05) is 89.9 Å². The van der Waals surface area contributed by atoms with Crippen molar-refractivity contribution >= 4 is 29.7 Å². The van der Waals surface area contributed by atoms with Gasteiger partial charge in [0.05, 0.1) is 39.6 Å². The zero-order valence-electron chi connectivity index (χ0n) is 33.3. The van der Waals surface area contributed by atoms with Gasteiger partial charge in [-0.25, -0.2) is 0 Å². The number of carbonyl (C=O) groups excluding carboxylic acids is 3. The molecule has 15 nitrogen and oxygen atoms in total. The van der Waals surface area contributed by atoms with Crippen LogP contribution in [0.15, 0.2) is 0 Å². The molecule has 1 atom stereocenters. The molecule has 0 aromatic heterocycles. The maximum atomic E-state index is 12.0. The van der Waals surface area contributed by atoms with Gasteiger partial charge in [0.2, 0.25) is 17.7 Å². The molecule has 0 rings (SSSR count). The van der Waals surface area contributed by atoms with Crippen molar-refractivity contribution in [3.8, 4) is 0 Å². The minimum absolute atomic E-state index is 0.0479. The number of hydrogen-bond donors (Lipinski definition) is 6. The summed E-state index contributed by atoms with van der Waals surface area (Å²) in [4.78, 5) is 57.1. The highest BCUT2D eigenvalue weighted by molar-refractivity contribution is 5.77. The highest BCUT2D eigenvalue weighted by Gasteiger charge is 2.13. The highest BCUT2D eigenvalue weighted by atomic mass is 16.5. The Morgan fingerprint density at radius 1 is 0.444 bits per heavy atom. The molecule has 0 radical (unpaired) electrons. The zero-order valence-corrected chi connectivity index (χ0v) is 33.3. The summed E-state index contributed by atoms with van der Waals surface area (Å²) in [5.41, 5.74) is 0. The Morgan fingerprint density at radius 2 is 0.833 bits per heavy atom. The molecule has 316 valence electrons. The number of unbranched alkanes of at least 4 members (excludes halogenated alkanes) is 16. The molecule has 6 N–H and O–H groups in total. The first-order valence-electron chi connectivity index (χ1n) is 20.5. The fourth-order valence-electron chi connectivity index (χ4n) is 5.61. The molecule has 15 heteroatoms. The van der Waals surface area contributed by atoms with Crippen LogP contribution in [0.5, 0.6) is 0 Å². The molecule has 0 aromatic rings. The van der Waals surface area contributed by atoms with Crippen molar-refractivity contribution in [1.82, 2.24) is 21.3 Å². The number of carboxylic acids is 2. The molecule has 0 aliphatic heterocycles. The molecule has 0 aromatic carbocycles. The minimum atomic E-state index is -0.883. The molecular weight excluding hydrogens is 700 g/mol. The number of nitrogens with one attached hydrogen (secondary N) is 4. The molecule has 54 heavy (non-hydrogen) atoms. The summed E-state index contributed by atoms with van der Waals surface area (Å²) in [7, 11) is 1.61. The van der Waals surface area contributed by atoms with Crippen LogP contribution in [0, 0.1) is 0 Å². The second kappa shape index (κ2) is 39.8. The summed E-state index contributed by atoms with van der Waals surface area (Å²) < 4.78 is 21.4. The minimum Gasteiger partial charge on any atom is -0.481 e. The van der Waals surface area contributed by atoms with Gasteiger partial charge in [0.1, 0.15) is 19.3 Å². The van der Waals surface area contributed by atoms with Gasteiger partial charge >= 0.3 is 11.9 Å². The molecule has 0 aliphatic rings. The summed E-state index contributed by atoms with van der Waals surface area (Å²) in [6, 6.07) is -0.577. The van der Waals surface area contributed by atoms with E-state index in [4.69, 9.17) is 29.2 Å². The van der Waals surface area contributed by atoms with E-state index in [0.717, 1.165) is 32.1 Å². The summed E-state index contributed by atoms with van der Waals surface area (Å²) >= 11 is 0. The summed E-state index contributed by atoms with van der Waals surface area (Å²) in [5.74, 6) is -2.03. The van der Waals surface area contributed by atoms with Gasteiger partial charge in [-0.05, 0) is 39.2 Å². The third-order valence-corrected chi connectivity index (χ3v) is 8.78. The Hall–Kier alpha value is -2.85. The lowest BCUT2D eigenvalue weighted by Gasteiger charge is -2.11. The SMILES string of the molecule is CN[C@@H](CCCCNC(=O)COCCOCCNC(=O)COCCOCCNC(=O)CCCCCCCCCCCCCCCCCCC(=O)O)C(=O)O. The average Bonchev–Trinajstić information content (AvgIpc) is 3.14. The van der Waals surface area contributed by atoms with Crippen LogP contribution in [-0.2, 0) is 42.9 Å². The Morgan fingerprint density at radius 3 is 1.26 bits per heavy atom. The molecule has 0 bridgehead atoms. The molecule has 0 unspecified atom stereocenters. The molecule has 0 fully saturated rings. The topological polar surface area (TPSA) is 211 Å². The summed E-state index contributed by atoms with van der Waals surface area (Å²) in [5, 5.41) is 28.6. The van der Waals surface area contributed by atoms with E-state index in [1.54, 1.807) is 7.05 Å². The smallest absolute Gasteiger partial charge is 0.320 e. The van der Waals surface area contributed by atoms with Crippen LogP contribution in [0.1, 0.15) is 135 Å². The predicted octanol–water partition coefficient (Wildman–Crippen LogP) is 4.35. The van der Waals surface area contributed by atoms with E-state index in [0.29, 0.717) is 71.6 Å². The lowest BCUT2D eigenvalue weighted by atomic mass is 10.0. The Balaban J connectivity index is 3.34. The maximum absolute atomic E-state index is 12.0. The molecule has 0 saturated heterocycles. The van der Waals surface area contributed by atoms with Crippen LogP contribution in [-0.4, -0.2) is 125 Å². The van der Waals surface area contributed by atoms with Crippen molar-refractivity contribution in [2.45, 2.75) is 141 Å². The number of carboxylic acid groups (broad SMARTS) is 2. The van der Waals surface area contributed by atoms with Crippen LogP contribution in [0.3, 0.4) is 0 Å². The van der Waals surface area contributed by atoms with Crippen molar-refractivity contribution in [2.75, 3.05) is 79.5 Å². The van der Waals surface area contributed by atoms with E-state index in [9.17, 15) is 24.0 Å². The van der Waals surface area contributed by atoms with E-state index in [-0.39, 0.29) is 50.8 Å². The van der Waals surface area contributed by atoms with Gasteiger partial charge in [-0.15, -0.1) is 0 Å². The molecular formula is C39H74N4O11. The van der Waals surface area contributed by atoms with Gasteiger partial charge in [-0.2, -0.15) is 0 Å². The number of carbonyl (C=O) groups is 5. The van der Waals surface area contributed by atoms with Gasteiger partial charge in [0.15, 0.2) is 0 Å². The third-order valence-electron chi connectivity index (χ3n) is 8.78. The second-order valence-electron chi connectivity index (χ2n) is 13.6. The summed E-state index contributed by atoms with van der Waals surface area (Å²) in [6.07, 6.45) is 21.7. The fraction of sp³-hybridized carbons (Fsp3) is 0.872. The standard InChI is InChI=1S/C39H74N4O11/c1-40-34(39(49)50)20-18-19-23-41-36(45)32-53-30-29-52-27-25-43-37(46)33-54-31-28-51-26-24-42-35(44)21-16-14-12-10-8-6-4-2-3-5-7-9-11-13-15-17-22-38(47)48/h34,40H,2-33H2,1H3,(H,41,45)(H,42,44)(H,43,46)(H,47,48)(H,49,50)/t34-/m0/s1. The first kappa shape index (κ1) is 51.1. The number of amides is 3. The maximum Gasteiger partial charge on any atom is 0.320 e. The Labute approximate surface area is 324 Å². The number of ether oxygens (including phenoxy) is 4. The van der Waals surface area contributed by atoms with Gasteiger partial charge in [-0.3, -0.25) is 24.0 Å². The van der Waals surface area contributed by atoms with E-state index in [2.05, 4.69) is 21.3 Å². The van der Waals surface area contributed by atoms with Crippen molar-refractivity contribution in [2.24, 2.45) is 0 Å². The van der Waals surface area contributed by atoms with Crippen molar-refractivity contribution in [3.63, 3.8) is 0 Å². The number of hydrogen-bond acceptors (Lipinski definition) is 10. The van der Waals surface area contributed by atoms with Crippen LogP contribution < -0.4 is 21.3 Å². The van der Waals surface area contributed by atoms with Crippen molar-refractivity contribution in [3.05, 3.63) is 0 Å². The molecule has 0 saturated carbocycles. The van der Waals surface area contributed by atoms with E-state index in [1.165, 1.54) is 70.6 Å². The predicted molar refractivity (Wildman–Crippen MR) is 207 cm³/mol. The average molecular weight is 775 g/mol. The van der Waals surface area contributed by atoms with Crippen LogP contribution in [0.2, 0.25) is 0 Å². The highest BCUT2D eigenvalue weighted by Crippen LogP contribution is 2.14. The van der Waals surface area contributed by atoms with Crippen molar-refractivity contribution < 1.29 is 53.1 Å². The monoisotopic (exact) mass is 775 g/mol. The van der Waals surface area contributed by atoms with Crippen molar-refractivity contribution in [1.29, 1.82) is 0 Å². The second-order valence-corrected chi connectivity index (χ2v) is 13.6. The molecule has 3 amide bonds. The largest absolute Gasteiger partial charge is 0.481 e. The zero-order chi connectivity index (χ0) is 39.7. The lowest BCUT2D eigenvalue weighted by Crippen LogP contribution is -2.34. The Bertz CT molecular complexity index is 942. The normalized spacial score (nSPS) is 11.6. The number of likely N-dealkylation sites (N-methyl/N-ethyl adjacent to an activating group) is 1. The van der Waals surface area contributed by atoms with Gasteiger partial charge < -0.3 is 50.4 Å². The first-order chi connectivity index (χ1) is 26.3. The number of aliphatic carboxylic acids is 2. The van der Waals surface area contributed by atoms with E-state index in [1.807, 2.05) is 0 Å². The van der Waals surface area contributed by atoms with Crippen LogP contribution >= 0.6 is 0 Å². The molecule has 0 heterocycles. The fourth-order valence-corrected chi connectivity index (χ4v) is 5.61. The van der Waals surface area contributed by atoms with Crippen LogP contribution in [0.4, 0.5) is 0 Å². The quantitative estimate of drug-likeness (QED) is 0.0479. The first-order valence-corrected chi connectivity index (χ1v) is 20.5. The third kappa shape index (κ3) is 38.9. The molecule has 0 spiro atoms. The summed E-state index contributed by atoms with van der Waals surface area (Å²) in [6.45, 7) is 2.84.